The molecule has 98 valence electrons. The summed E-state index contributed by atoms with van der Waals surface area (Å²) in [4.78, 5) is 12.0. The zero-order valence-corrected chi connectivity index (χ0v) is 10.5. The van der Waals surface area contributed by atoms with E-state index in [2.05, 4.69) is 5.32 Å². The Balaban J connectivity index is 2.26. The number of anilines is 2. The predicted octanol–water partition coefficient (Wildman–Crippen LogP) is 3.18. The second kappa shape index (κ2) is 5.71. The van der Waals surface area contributed by atoms with Gasteiger partial charge in [0.15, 0.2) is 0 Å². The summed E-state index contributed by atoms with van der Waals surface area (Å²) in [7, 11) is 0. The fraction of sp³-hybridized carbons (Fsp3) is 0. The maximum absolute atomic E-state index is 12.0. The van der Waals surface area contributed by atoms with Crippen molar-refractivity contribution in [3.05, 3.63) is 59.1 Å². The summed E-state index contributed by atoms with van der Waals surface area (Å²) in [5, 5.41) is 20.7. The van der Waals surface area contributed by atoms with E-state index >= 15 is 0 Å². The molecule has 1 amide bonds. The number of benzene rings is 2. The lowest BCUT2D eigenvalue weighted by Crippen LogP contribution is -2.15. The molecule has 0 atom stereocenters. The van der Waals surface area contributed by atoms with Gasteiger partial charge in [0, 0.05) is 5.69 Å². The molecule has 0 radical (unpaired) electrons. The van der Waals surface area contributed by atoms with Gasteiger partial charge in [0.1, 0.15) is 0 Å². The van der Waals surface area contributed by atoms with E-state index in [0.29, 0.717) is 5.69 Å². The van der Waals surface area contributed by atoms with E-state index in [0.717, 1.165) is 0 Å². The summed E-state index contributed by atoms with van der Waals surface area (Å²) in [5.41, 5.74) is 0.817. The van der Waals surface area contributed by atoms with E-state index in [9.17, 15) is 4.79 Å². The van der Waals surface area contributed by atoms with Crippen molar-refractivity contribution in [1.29, 1.82) is 0 Å². The van der Waals surface area contributed by atoms with Crippen LogP contribution in [0.4, 0.5) is 11.4 Å². The molecule has 0 unspecified atom stereocenters. The monoisotopic (exact) mass is 278 g/mol. The molecule has 2 rings (SSSR count). The van der Waals surface area contributed by atoms with Gasteiger partial charge >= 0.3 is 0 Å². The summed E-state index contributed by atoms with van der Waals surface area (Å²) in [6, 6.07) is 12.9. The molecule has 0 spiro atoms. The van der Waals surface area contributed by atoms with Crippen LogP contribution in [0.1, 0.15) is 10.4 Å². The van der Waals surface area contributed by atoms with Crippen LogP contribution in [0, 0.1) is 0 Å². The number of hydrogen-bond acceptors (Lipinski definition) is 4. The van der Waals surface area contributed by atoms with Crippen molar-refractivity contribution in [2.45, 2.75) is 0 Å². The molecule has 0 aromatic heterocycles. The zero-order chi connectivity index (χ0) is 13.8. The van der Waals surface area contributed by atoms with Crippen LogP contribution >= 0.6 is 11.6 Å². The first-order valence-corrected chi connectivity index (χ1v) is 5.79. The standard InChI is InChI=1S/C13H11ClN2O3/c14-12-7-6-10(16(18)19)8-11(12)13(17)15-9-4-2-1-3-5-9/h1-8,18-19H,(H,15,17). The lowest BCUT2D eigenvalue weighted by molar-refractivity contribution is 0.0291. The second-order valence-corrected chi connectivity index (χ2v) is 4.18. The Morgan fingerprint density at radius 3 is 2.42 bits per heavy atom. The maximum Gasteiger partial charge on any atom is 0.257 e. The highest BCUT2D eigenvalue weighted by Crippen LogP contribution is 2.23. The van der Waals surface area contributed by atoms with E-state index in [1.807, 2.05) is 6.07 Å². The molecule has 0 aliphatic carbocycles. The number of nitrogens with zero attached hydrogens (tertiary/aromatic N) is 1. The third kappa shape index (κ3) is 3.23. The van der Waals surface area contributed by atoms with Gasteiger partial charge in [-0.1, -0.05) is 29.8 Å². The minimum absolute atomic E-state index is 0.0441. The highest BCUT2D eigenvalue weighted by atomic mass is 35.5. The van der Waals surface area contributed by atoms with Crippen molar-refractivity contribution in [3.8, 4) is 0 Å². The minimum atomic E-state index is -0.431. The molecule has 0 saturated heterocycles. The van der Waals surface area contributed by atoms with Crippen LogP contribution < -0.4 is 10.5 Å². The zero-order valence-electron chi connectivity index (χ0n) is 9.75. The lowest BCUT2D eigenvalue weighted by atomic mass is 10.2. The van der Waals surface area contributed by atoms with Crippen LogP contribution in [0.5, 0.6) is 0 Å². The summed E-state index contributed by atoms with van der Waals surface area (Å²) in [6.45, 7) is 0. The van der Waals surface area contributed by atoms with Gasteiger partial charge in [-0.05, 0) is 30.3 Å². The molecular formula is C13H11ClN2O3. The number of nitrogens with one attached hydrogen (secondary N) is 1. The van der Waals surface area contributed by atoms with E-state index in [-0.39, 0.29) is 21.5 Å². The first kappa shape index (κ1) is 13.4. The van der Waals surface area contributed by atoms with Gasteiger partial charge in [-0.25, -0.2) is 0 Å². The van der Waals surface area contributed by atoms with Crippen molar-refractivity contribution in [3.63, 3.8) is 0 Å². The topological polar surface area (TPSA) is 72.8 Å². The quantitative estimate of drug-likeness (QED) is 0.754. The van der Waals surface area contributed by atoms with Crippen molar-refractivity contribution >= 4 is 28.9 Å². The number of rotatable bonds is 3. The van der Waals surface area contributed by atoms with Crippen molar-refractivity contribution < 1.29 is 15.2 Å². The molecule has 6 heteroatoms. The Morgan fingerprint density at radius 2 is 1.79 bits per heavy atom. The van der Waals surface area contributed by atoms with E-state index in [1.54, 1.807) is 24.3 Å². The van der Waals surface area contributed by atoms with Gasteiger partial charge in [0.25, 0.3) is 5.91 Å². The minimum Gasteiger partial charge on any atom is -0.322 e. The van der Waals surface area contributed by atoms with Crippen LogP contribution in [-0.4, -0.2) is 16.3 Å². The Morgan fingerprint density at radius 1 is 1.11 bits per heavy atom. The Labute approximate surface area is 114 Å². The molecule has 0 saturated carbocycles. The summed E-state index contributed by atoms with van der Waals surface area (Å²) < 4.78 is 0. The Bertz CT molecular complexity index is 588. The highest BCUT2D eigenvalue weighted by molar-refractivity contribution is 6.34. The van der Waals surface area contributed by atoms with Gasteiger partial charge in [-0.15, -0.1) is 5.23 Å². The van der Waals surface area contributed by atoms with E-state index in [4.69, 9.17) is 22.0 Å². The molecule has 3 N–H and O–H groups in total. The predicted molar refractivity (Wildman–Crippen MR) is 71.9 cm³/mol. The molecule has 0 heterocycles. The van der Waals surface area contributed by atoms with Crippen LogP contribution in [0.25, 0.3) is 0 Å². The first-order chi connectivity index (χ1) is 9.08. The molecule has 2 aromatic carbocycles. The summed E-state index contributed by atoms with van der Waals surface area (Å²) in [5.74, 6) is -0.431. The number of carbonyl (C=O) groups excluding carboxylic acids is 1. The van der Waals surface area contributed by atoms with Crippen molar-refractivity contribution in [2.75, 3.05) is 10.5 Å². The average molecular weight is 279 g/mol. The number of carbonyl (C=O) groups is 1. The third-order valence-corrected chi connectivity index (χ3v) is 2.79. The molecule has 0 fully saturated rings. The molecule has 0 bridgehead atoms. The second-order valence-electron chi connectivity index (χ2n) is 3.77. The lowest BCUT2D eigenvalue weighted by Gasteiger charge is -2.11. The number of hydrogen-bond donors (Lipinski definition) is 3. The maximum atomic E-state index is 12.0. The van der Waals surface area contributed by atoms with Crippen molar-refractivity contribution in [2.24, 2.45) is 0 Å². The molecule has 0 aliphatic rings. The number of amides is 1. The Hall–Kier alpha value is -2.08. The van der Waals surface area contributed by atoms with Gasteiger partial charge in [-0.2, -0.15) is 0 Å². The number of halogens is 1. The summed E-state index contributed by atoms with van der Waals surface area (Å²) in [6.07, 6.45) is 0. The fourth-order valence-corrected chi connectivity index (χ4v) is 1.73. The molecule has 0 aliphatic heterocycles. The van der Waals surface area contributed by atoms with Gasteiger partial charge in [0.05, 0.1) is 16.3 Å². The normalized spacial score (nSPS) is 10.1. The van der Waals surface area contributed by atoms with Crippen molar-refractivity contribution in [1.82, 2.24) is 0 Å². The average Bonchev–Trinajstić information content (AvgIpc) is 2.40. The molecule has 19 heavy (non-hydrogen) atoms. The van der Waals surface area contributed by atoms with E-state index in [1.165, 1.54) is 18.2 Å². The van der Waals surface area contributed by atoms with Crippen LogP contribution in [0.15, 0.2) is 48.5 Å². The van der Waals surface area contributed by atoms with Crippen LogP contribution in [-0.2, 0) is 0 Å². The number of para-hydroxylation sites is 1. The highest BCUT2D eigenvalue weighted by Gasteiger charge is 2.13. The largest absolute Gasteiger partial charge is 0.322 e. The Kier molecular flexibility index (Phi) is 4.01. The molecular weight excluding hydrogens is 268 g/mol. The van der Waals surface area contributed by atoms with Crippen LogP contribution in [0.2, 0.25) is 5.02 Å². The smallest absolute Gasteiger partial charge is 0.257 e. The fourth-order valence-electron chi connectivity index (χ4n) is 1.53. The molecule has 2 aromatic rings. The third-order valence-electron chi connectivity index (χ3n) is 2.46. The SMILES string of the molecule is O=C(Nc1ccccc1)c1cc(N(O)O)ccc1Cl. The van der Waals surface area contributed by atoms with Gasteiger partial charge in [0.2, 0.25) is 0 Å². The molecule has 5 nitrogen and oxygen atoms in total. The van der Waals surface area contributed by atoms with Gasteiger partial charge < -0.3 is 5.32 Å². The van der Waals surface area contributed by atoms with E-state index < -0.39 is 5.91 Å². The summed E-state index contributed by atoms with van der Waals surface area (Å²) >= 11 is 5.92. The van der Waals surface area contributed by atoms with Gasteiger partial charge in [-0.3, -0.25) is 15.2 Å². The first-order valence-electron chi connectivity index (χ1n) is 5.42. The van der Waals surface area contributed by atoms with Crippen LogP contribution in [0.3, 0.4) is 0 Å².